The van der Waals surface area contributed by atoms with Crippen molar-refractivity contribution < 1.29 is 32.5 Å². The lowest BCUT2D eigenvalue weighted by Crippen LogP contribution is -2.19. The van der Waals surface area contributed by atoms with E-state index in [1.807, 2.05) is 0 Å². The summed E-state index contributed by atoms with van der Waals surface area (Å²) in [7, 11) is -1.18. The summed E-state index contributed by atoms with van der Waals surface area (Å²) < 4.78 is 39.6. The number of primary sulfonamides is 1. The second kappa shape index (κ2) is 13.6. The number of sulfonamides is 1. The number of ether oxygens (including phenoxy) is 3. The number of para-hydroxylation sites is 2. The predicted octanol–water partition coefficient (Wildman–Crippen LogP) is 6.75. The van der Waals surface area contributed by atoms with E-state index >= 15 is 0 Å². The predicted molar refractivity (Wildman–Crippen MR) is 155 cm³/mol. The van der Waals surface area contributed by atoms with Crippen LogP contribution in [0.5, 0.6) is 28.7 Å². The van der Waals surface area contributed by atoms with Gasteiger partial charge in [-0.2, -0.15) is 0 Å². The zero-order valence-electron chi connectivity index (χ0n) is 21.0. The van der Waals surface area contributed by atoms with Crippen molar-refractivity contribution >= 4 is 56.4 Å². The zero-order chi connectivity index (χ0) is 29.4. The Morgan fingerprint density at radius 3 is 1.95 bits per heavy atom. The van der Waals surface area contributed by atoms with Crippen LogP contribution in [0.4, 0.5) is 5.69 Å². The van der Waals surface area contributed by atoms with E-state index in [1.54, 1.807) is 42.5 Å². The third-order valence-electron chi connectivity index (χ3n) is 5.12. The maximum absolute atomic E-state index is 13.0. The third-order valence-corrected chi connectivity index (χ3v) is 6.77. The third kappa shape index (κ3) is 8.17. The van der Waals surface area contributed by atoms with Crippen LogP contribution in [-0.4, -0.2) is 33.7 Å². The molecule has 0 fully saturated rings. The minimum Gasteiger partial charge on any atom is -0.504 e. The van der Waals surface area contributed by atoms with Crippen molar-refractivity contribution in [3.05, 3.63) is 99.5 Å². The van der Waals surface area contributed by atoms with Gasteiger partial charge < -0.3 is 24.6 Å². The summed E-state index contributed by atoms with van der Waals surface area (Å²) in [5, 5.41) is 17.6. The van der Waals surface area contributed by atoms with Crippen molar-refractivity contribution in [1.82, 2.24) is 0 Å². The van der Waals surface area contributed by atoms with Gasteiger partial charge in [0.2, 0.25) is 10.0 Å². The molecule has 0 aliphatic rings. The van der Waals surface area contributed by atoms with Crippen LogP contribution >= 0.6 is 34.8 Å². The summed E-state index contributed by atoms with van der Waals surface area (Å²) in [4.78, 5) is 12.6. The molecule has 0 spiro atoms. The van der Waals surface area contributed by atoms with Gasteiger partial charge in [0.05, 0.1) is 25.5 Å². The Balaban J connectivity index is 0.000000415. The first-order valence-electron chi connectivity index (χ1n) is 11.2. The van der Waals surface area contributed by atoms with E-state index in [1.165, 1.54) is 44.6 Å². The molecule has 4 N–H and O–H groups in total. The first-order chi connectivity index (χ1) is 18.9. The van der Waals surface area contributed by atoms with Gasteiger partial charge in [0.1, 0.15) is 10.6 Å². The molecule has 0 bridgehead atoms. The molecule has 0 aromatic heterocycles. The summed E-state index contributed by atoms with van der Waals surface area (Å²) >= 11 is 17.9. The van der Waals surface area contributed by atoms with Gasteiger partial charge in [-0.3, -0.25) is 4.79 Å². The molecule has 1 amide bonds. The summed E-state index contributed by atoms with van der Waals surface area (Å²) in [6, 6.07) is 19.8. The molecule has 0 heterocycles. The average molecular weight is 626 g/mol. The van der Waals surface area contributed by atoms with Crippen LogP contribution in [0, 0.1) is 0 Å². The molecule has 0 radical (unpaired) electrons. The maximum atomic E-state index is 13.0. The highest BCUT2D eigenvalue weighted by atomic mass is 35.5. The van der Waals surface area contributed by atoms with E-state index in [2.05, 4.69) is 5.32 Å². The Kier molecular flexibility index (Phi) is 10.5. The highest BCUT2D eigenvalue weighted by molar-refractivity contribution is 7.89. The first kappa shape index (κ1) is 30.9. The topological polar surface area (TPSA) is 137 Å². The minimum atomic E-state index is -4.14. The van der Waals surface area contributed by atoms with Gasteiger partial charge in [0.15, 0.2) is 23.0 Å². The molecule has 40 heavy (non-hydrogen) atoms. The molecule has 0 aliphatic carbocycles. The fourth-order valence-electron chi connectivity index (χ4n) is 3.27. The monoisotopic (exact) mass is 624 g/mol. The lowest BCUT2D eigenvalue weighted by atomic mass is 10.1. The van der Waals surface area contributed by atoms with Gasteiger partial charge in [0, 0.05) is 27.2 Å². The molecule has 4 aromatic carbocycles. The van der Waals surface area contributed by atoms with Crippen LogP contribution in [0.15, 0.2) is 83.8 Å². The van der Waals surface area contributed by atoms with Gasteiger partial charge in [0.25, 0.3) is 5.91 Å². The Hall–Kier alpha value is -3.67. The molecule has 210 valence electrons. The number of hydrogen-bond donors (Lipinski definition) is 3. The molecular weight excluding hydrogens is 603 g/mol. The molecule has 4 rings (SSSR count). The standard InChI is InChI=1S/C20H15Cl3N2O5S.C7H8O2/c1-29-18-9-12(22)4-7-16(18)30-17-8-11(21)2-5-14(17)20(26)25-15-6-3-13(23)10-19(15)31(24,27)28;1-9-7-5-3-2-4-6(7)8/h2-10H,1H3,(H,25,26)(H2,24,27,28);2-5,8H,1H3. The van der Waals surface area contributed by atoms with E-state index in [-0.39, 0.29) is 32.7 Å². The van der Waals surface area contributed by atoms with E-state index in [0.717, 1.165) is 6.07 Å². The number of nitrogens with two attached hydrogens (primary N) is 1. The molecule has 0 aliphatic heterocycles. The lowest BCUT2D eigenvalue weighted by molar-refractivity contribution is 0.102. The number of carbonyl (C=O) groups is 1. The number of carbonyl (C=O) groups excluding carboxylic acids is 1. The fourth-order valence-corrected chi connectivity index (χ4v) is 4.54. The van der Waals surface area contributed by atoms with Crippen molar-refractivity contribution in [3.63, 3.8) is 0 Å². The van der Waals surface area contributed by atoms with Crippen LogP contribution in [0.25, 0.3) is 0 Å². The number of anilines is 1. The normalized spacial score (nSPS) is 10.7. The zero-order valence-corrected chi connectivity index (χ0v) is 24.1. The number of halogens is 3. The van der Waals surface area contributed by atoms with Crippen molar-refractivity contribution in [2.24, 2.45) is 5.14 Å². The molecular formula is C27H23Cl3N2O7S. The minimum absolute atomic E-state index is 0.0399. The van der Waals surface area contributed by atoms with E-state index in [4.69, 9.17) is 59.3 Å². The number of benzene rings is 4. The molecule has 4 aromatic rings. The van der Waals surface area contributed by atoms with Gasteiger partial charge in [-0.25, -0.2) is 13.6 Å². The molecule has 0 saturated heterocycles. The Bertz CT molecular complexity index is 1630. The molecule has 0 saturated carbocycles. The number of phenols is 1. The summed E-state index contributed by atoms with van der Waals surface area (Å²) in [6.45, 7) is 0. The number of nitrogens with one attached hydrogen (secondary N) is 1. The van der Waals surface area contributed by atoms with Gasteiger partial charge >= 0.3 is 0 Å². The van der Waals surface area contributed by atoms with Gasteiger partial charge in [-0.1, -0.05) is 46.9 Å². The van der Waals surface area contributed by atoms with Crippen LogP contribution in [-0.2, 0) is 10.0 Å². The van der Waals surface area contributed by atoms with Crippen molar-refractivity contribution in [2.45, 2.75) is 4.90 Å². The molecule has 13 heteroatoms. The van der Waals surface area contributed by atoms with Crippen LogP contribution in [0.1, 0.15) is 10.4 Å². The van der Waals surface area contributed by atoms with Gasteiger partial charge in [-0.05, 0) is 54.6 Å². The summed E-state index contributed by atoms with van der Waals surface area (Å²) in [5.74, 6) is 0.772. The van der Waals surface area contributed by atoms with E-state index in [9.17, 15) is 13.2 Å². The Morgan fingerprint density at radius 1 is 0.775 bits per heavy atom. The number of hydrogen-bond acceptors (Lipinski definition) is 7. The second-order valence-electron chi connectivity index (χ2n) is 7.85. The largest absolute Gasteiger partial charge is 0.504 e. The number of amides is 1. The van der Waals surface area contributed by atoms with Crippen molar-refractivity contribution in [3.8, 4) is 28.7 Å². The summed E-state index contributed by atoms with van der Waals surface area (Å²) in [5.41, 5.74) is 0.0404. The van der Waals surface area contributed by atoms with E-state index < -0.39 is 15.9 Å². The highest BCUT2D eigenvalue weighted by Gasteiger charge is 2.20. The second-order valence-corrected chi connectivity index (χ2v) is 10.7. The first-order valence-corrected chi connectivity index (χ1v) is 13.9. The average Bonchev–Trinajstić information content (AvgIpc) is 2.90. The maximum Gasteiger partial charge on any atom is 0.259 e. The number of rotatable bonds is 7. The summed E-state index contributed by atoms with van der Waals surface area (Å²) in [6.07, 6.45) is 0. The fraction of sp³-hybridized carbons (Fsp3) is 0.0741. The van der Waals surface area contributed by atoms with Crippen LogP contribution in [0.3, 0.4) is 0 Å². The smallest absolute Gasteiger partial charge is 0.259 e. The van der Waals surface area contributed by atoms with Crippen molar-refractivity contribution in [2.75, 3.05) is 19.5 Å². The number of aromatic hydroxyl groups is 1. The number of methoxy groups -OCH3 is 2. The Labute approximate surface area is 246 Å². The van der Waals surface area contributed by atoms with Crippen molar-refractivity contribution in [1.29, 1.82) is 0 Å². The SMILES string of the molecule is COc1cc(Cl)ccc1Oc1cc(Cl)ccc1C(=O)Nc1ccc(Cl)cc1S(N)(=O)=O.COc1ccccc1O. The van der Waals surface area contributed by atoms with Crippen LogP contribution < -0.4 is 24.7 Å². The van der Waals surface area contributed by atoms with Gasteiger partial charge in [-0.15, -0.1) is 0 Å². The molecule has 0 atom stereocenters. The van der Waals surface area contributed by atoms with E-state index in [0.29, 0.717) is 27.3 Å². The lowest BCUT2D eigenvalue weighted by Gasteiger charge is -2.15. The molecule has 0 unspecified atom stereocenters. The quantitative estimate of drug-likeness (QED) is 0.207. The molecule has 9 nitrogen and oxygen atoms in total. The highest BCUT2D eigenvalue weighted by Crippen LogP contribution is 2.36. The Morgan fingerprint density at radius 2 is 1.35 bits per heavy atom. The number of phenolic OH excluding ortho intramolecular Hbond substituents is 1. The van der Waals surface area contributed by atoms with Crippen LogP contribution in [0.2, 0.25) is 15.1 Å².